The van der Waals surface area contributed by atoms with Gasteiger partial charge in [0.2, 0.25) is 0 Å². The maximum absolute atomic E-state index is 6.32. The van der Waals surface area contributed by atoms with Crippen LogP contribution in [0.25, 0.3) is 10.9 Å². The predicted molar refractivity (Wildman–Crippen MR) is 77.4 cm³/mol. The fourth-order valence-corrected chi connectivity index (χ4v) is 2.44. The van der Waals surface area contributed by atoms with Gasteiger partial charge in [-0.1, -0.05) is 38.8 Å². The number of nitrogens with two attached hydrogens (primary N) is 1. The molecule has 0 saturated heterocycles. The lowest BCUT2D eigenvalue weighted by Crippen LogP contribution is -2.14. The maximum atomic E-state index is 6.32. The van der Waals surface area contributed by atoms with Gasteiger partial charge in [-0.05, 0) is 36.1 Å². The SMILES string of the molecule is CCC(CC)CC(N)c1ccc2ncccc2c1. The first-order valence-electron chi connectivity index (χ1n) is 6.84. The molecule has 1 unspecified atom stereocenters. The van der Waals surface area contributed by atoms with Gasteiger partial charge in [0.05, 0.1) is 5.52 Å². The Kier molecular flexibility index (Phi) is 4.32. The van der Waals surface area contributed by atoms with Crippen molar-refractivity contribution in [2.24, 2.45) is 11.7 Å². The third-order valence-electron chi connectivity index (χ3n) is 3.80. The molecule has 0 aliphatic heterocycles. The molecule has 0 radical (unpaired) electrons. The maximum Gasteiger partial charge on any atom is 0.0702 e. The van der Waals surface area contributed by atoms with Gasteiger partial charge in [0.15, 0.2) is 0 Å². The van der Waals surface area contributed by atoms with Crippen molar-refractivity contribution >= 4 is 10.9 Å². The first kappa shape index (κ1) is 13.0. The quantitative estimate of drug-likeness (QED) is 0.858. The van der Waals surface area contributed by atoms with Gasteiger partial charge in [0.1, 0.15) is 0 Å². The standard InChI is InChI=1S/C16H22N2/c1-3-12(4-2)10-15(17)13-7-8-16-14(11-13)6-5-9-18-16/h5-9,11-12,15H,3-4,10,17H2,1-2H3. The number of pyridine rings is 1. The van der Waals surface area contributed by atoms with E-state index in [4.69, 9.17) is 5.73 Å². The minimum Gasteiger partial charge on any atom is -0.324 e. The molecule has 0 spiro atoms. The first-order valence-corrected chi connectivity index (χ1v) is 6.84. The molecule has 96 valence electrons. The second-order valence-corrected chi connectivity index (χ2v) is 4.98. The summed E-state index contributed by atoms with van der Waals surface area (Å²) in [6, 6.07) is 10.6. The molecule has 18 heavy (non-hydrogen) atoms. The van der Waals surface area contributed by atoms with Gasteiger partial charge in [-0.25, -0.2) is 0 Å². The molecule has 2 heteroatoms. The molecule has 0 saturated carbocycles. The van der Waals surface area contributed by atoms with Gasteiger partial charge >= 0.3 is 0 Å². The zero-order valence-electron chi connectivity index (χ0n) is 11.3. The van der Waals surface area contributed by atoms with E-state index >= 15 is 0 Å². The van der Waals surface area contributed by atoms with E-state index < -0.39 is 0 Å². The number of nitrogens with zero attached hydrogens (tertiary/aromatic N) is 1. The number of fused-ring (bicyclic) bond motifs is 1. The summed E-state index contributed by atoms with van der Waals surface area (Å²) in [4.78, 5) is 4.33. The summed E-state index contributed by atoms with van der Waals surface area (Å²) < 4.78 is 0. The molecular weight excluding hydrogens is 220 g/mol. The molecule has 1 aromatic carbocycles. The Bertz CT molecular complexity index is 503. The van der Waals surface area contributed by atoms with Crippen LogP contribution in [0.5, 0.6) is 0 Å². The molecule has 1 aromatic heterocycles. The summed E-state index contributed by atoms with van der Waals surface area (Å²) >= 11 is 0. The van der Waals surface area contributed by atoms with Crippen LogP contribution in [0.15, 0.2) is 36.5 Å². The van der Waals surface area contributed by atoms with E-state index in [0.717, 1.165) is 17.9 Å². The van der Waals surface area contributed by atoms with Crippen molar-refractivity contribution in [2.75, 3.05) is 0 Å². The third kappa shape index (κ3) is 2.88. The largest absolute Gasteiger partial charge is 0.324 e. The molecular formula is C16H22N2. The van der Waals surface area contributed by atoms with Crippen molar-refractivity contribution in [3.63, 3.8) is 0 Å². The minimum absolute atomic E-state index is 0.138. The highest BCUT2D eigenvalue weighted by molar-refractivity contribution is 5.79. The van der Waals surface area contributed by atoms with Gasteiger partial charge in [-0.15, -0.1) is 0 Å². The highest BCUT2D eigenvalue weighted by Crippen LogP contribution is 2.25. The van der Waals surface area contributed by atoms with Crippen LogP contribution in [0.2, 0.25) is 0 Å². The van der Waals surface area contributed by atoms with Crippen molar-refractivity contribution < 1.29 is 0 Å². The predicted octanol–water partition coefficient (Wildman–Crippen LogP) is 4.06. The highest BCUT2D eigenvalue weighted by Gasteiger charge is 2.12. The topological polar surface area (TPSA) is 38.9 Å². The lowest BCUT2D eigenvalue weighted by Gasteiger charge is -2.18. The van der Waals surface area contributed by atoms with Crippen LogP contribution < -0.4 is 5.73 Å². The zero-order chi connectivity index (χ0) is 13.0. The van der Waals surface area contributed by atoms with Crippen LogP contribution >= 0.6 is 0 Å². The highest BCUT2D eigenvalue weighted by atomic mass is 14.7. The summed E-state index contributed by atoms with van der Waals surface area (Å²) in [6.07, 6.45) is 5.31. The molecule has 0 amide bonds. The Morgan fingerprint density at radius 2 is 1.94 bits per heavy atom. The fourth-order valence-electron chi connectivity index (χ4n) is 2.44. The van der Waals surface area contributed by atoms with Crippen LogP contribution in [0.4, 0.5) is 0 Å². The van der Waals surface area contributed by atoms with Crippen LogP contribution in [-0.4, -0.2) is 4.98 Å². The number of aromatic nitrogens is 1. The van der Waals surface area contributed by atoms with Crippen molar-refractivity contribution in [3.8, 4) is 0 Å². The van der Waals surface area contributed by atoms with Gasteiger partial charge in [-0.3, -0.25) is 4.98 Å². The smallest absolute Gasteiger partial charge is 0.0702 e. The van der Waals surface area contributed by atoms with E-state index in [0.29, 0.717) is 0 Å². The molecule has 0 bridgehead atoms. The average molecular weight is 242 g/mol. The number of rotatable bonds is 5. The van der Waals surface area contributed by atoms with E-state index in [9.17, 15) is 0 Å². The van der Waals surface area contributed by atoms with E-state index in [1.54, 1.807) is 0 Å². The Balaban J connectivity index is 2.19. The van der Waals surface area contributed by atoms with Gasteiger partial charge in [0.25, 0.3) is 0 Å². The molecule has 0 aliphatic carbocycles. The molecule has 2 nitrogen and oxygen atoms in total. The lowest BCUT2D eigenvalue weighted by molar-refractivity contribution is 0.415. The van der Waals surface area contributed by atoms with Crippen LogP contribution in [0.3, 0.4) is 0 Å². The minimum atomic E-state index is 0.138. The van der Waals surface area contributed by atoms with E-state index in [1.807, 2.05) is 12.3 Å². The van der Waals surface area contributed by atoms with Gasteiger partial charge < -0.3 is 5.73 Å². The van der Waals surface area contributed by atoms with E-state index in [-0.39, 0.29) is 6.04 Å². The second kappa shape index (κ2) is 5.96. The van der Waals surface area contributed by atoms with Crippen molar-refractivity contribution in [1.82, 2.24) is 4.98 Å². The van der Waals surface area contributed by atoms with Crippen molar-refractivity contribution in [3.05, 3.63) is 42.1 Å². The summed E-state index contributed by atoms with van der Waals surface area (Å²) in [5.41, 5.74) is 8.58. The van der Waals surface area contributed by atoms with Gasteiger partial charge in [0, 0.05) is 17.6 Å². The summed E-state index contributed by atoms with van der Waals surface area (Å²) in [6.45, 7) is 4.48. The summed E-state index contributed by atoms with van der Waals surface area (Å²) in [7, 11) is 0. The Labute approximate surface area is 109 Å². The first-order chi connectivity index (χ1) is 8.74. The Hall–Kier alpha value is -1.41. The zero-order valence-corrected chi connectivity index (χ0v) is 11.3. The number of hydrogen-bond acceptors (Lipinski definition) is 2. The van der Waals surface area contributed by atoms with Crippen LogP contribution in [0, 0.1) is 5.92 Å². The molecule has 1 atom stereocenters. The molecule has 2 N–H and O–H groups in total. The van der Waals surface area contributed by atoms with Crippen LogP contribution in [0.1, 0.15) is 44.7 Å². The molecule has 0 fully saturated rings. The van der Waals surface area contributed by atoms with Crippen molar-refractivity contribution in [2.45, 2.75) is 39.2 Å². The Morgan fingerprint density at radius 1 is 1.17 bits per heavy atom. The summed E-state index contributed by atoms with van der Waals surface area (Å²) in [5.74, 6) is 0.726. The van der Waals surface area contributed by atoms with E-state index in [2.05, 4.69) is 43.1 Å². The van der Waals surface area contributed by atoms with Gasteiger partial charge in [-0.2, -0.15) is 0 Å². The van der Waals surface area contributed by atoms with E-state index in [1.165, 1.54) is 23.8 Å². The molecule has 2 rings (SSSR count). The van der Waals surface area contributed by atoms with Crippen molar-refractivity contribution in [1.29, 1.82) is 0 Å². The second-order valence-electron chi connectivity index (χ2n) is 4.98. The summed E-state index contributed by atoms with van der Waals surface area (Å²) in [5, 5.41) is 1.18. The Morgan fingerprint density at radius 3 is 2.67 bits per heavy atom. The normalized spacial score (nSPS) is 13.1. The molecule has 1 heterocycles. The number of benzene rings is 1. The average Bonchev–Trinajstić information content (AvgIpc) is 2.44. The van der Waals surface area contributed by atoms with Crippen LogP contribution in [-0.2, 0) is 0 Å². The monoisotopic (exact) mass is 242 g/mol. The molecule has 0 aliphatic rings. The third-order valence-corrected chi connectivity index (χ3v) is 3.80. The molecule has 2 aromatic rings. The fraction of sp³-hybridized carbons (Fsp3) is 0.438. The lowest BCUT2D eigenvalue weighted by atomic mass is 9.91. The number of hydrogen-bond donors (Lipinski definition) is 1.